The average molecular weight is 390 g/mol. The van der Waals surface area contributed by atoms with Crippen LogP contribution in [-0.4, -0.2) is 5.78 Å². The summed E-state index contributed by atoms with van der Waals surface area (Å²) in [4.78, 5) is 12.7. The van der Waals surface area contributed by atoms with Gasteiger partial charge in [0.15, 0.2) is 5.78 Å². The molecule has 0 fully saturated rings. The van der Waals surface area contributed by atoms with Gasteiger partial charge in [0.05, 0.1) is 0 Å². The highest BCUT2D eigenvalue weighted by Gasteiger charge is 2.13. The number of halogens is 2. The van der Waals surface area contributed by atoms with Crippen molar-refractivity contribution in [1.82, 2.24) is 0 Å². The summed E-state index contributed by atoms with van der Waals surface area (Å²) < 4.78 is 1.97. The van der Waals surface area contributed by atoms with Crippen molar-refractivity contribution in [3.05, 3.63) is 80.7 Å². The summed E-state index contributed by atoms with van der Waals surface area (Å²) in [5.74, 6) is 0.0428. The van der Waals surface area contributed by atoms with Crippen molar-refractivity contribution in [3.63, 3.8) is 0 Å². The quantitative estimate of drug-likeness (QED) is 0.521. The fourth-order valence-electron chi connectivity index (χ4n) is 2.22. The lowest BCUT2D eigenvalue weighted by Gasteiger charge is -2.07. The molecule has 0 radical (unpaired) electrons. The minimum absolute atomic E-state index is 0.0428. The maximum Gasteiger partial charge on any atom is 0.193 e. The predicted octanol–water partition coefficient (Wildman–Crippen LogP) is 5.60. The van der Waals surface area contributed by atoms with Gasteiger partial charge in [-0.2, -0.15) is 0 Å². The second-order valence-corrected chi connectivity index (χ2v) is 6.25. The van der Waals surface area contributed by atoms with Crippen LogP contribution in [0.1, 0.15) is 15.9 Å². The van der Waals surface area contributed by atoms with Gasteiger partial charge < -0.3 is 0 Å². The Kier molecular flexibility index (Phi) is 3.72. The maximum atomic E-state index is 12.7. The number of fused-ring (bicyclic) bond motifs is 1. The van der Waals surface area contributed by atoms with Crippen LogP contribution in [0.15, 0.2) is 69.6 Å². The van der Waals surface area contributed by atoms with E-state index < -0.39 is 0 Å². The monoisotopic (exact) mass is 388 g/mol. The molecular weight excluding hydrogens is 380 g/mol. The van der Waals surface area contributed by atoms with E-state index in [1.54, 1.807) is 0 Å². The smallest absolute Gasteiger partial charge is 0.193 e. The highest BCUT2D eigenvalue weighted by molar-refractivity contribution is 9.11. The van der Waals surface area contributed by atoms with Crippen LogP contribution in [-0.2, 0) is 0 Å². The molecule has 0 aliphatic carbocycles. The van der Waals surface area contributed by atoms with Crippen LogP contribution in [0.3, 0.4) is 0 Å². The molecule has 0 spiro atoms. The van der Waals surface area contributed by atoms with Crippen LogP contribution in [0.5, 0.6) is 0 Å². The third-order valence-corrected chi connectivity index (χ3v) is 4.44. The Morgan fingerprint density at radius 2 is 1.40 bits per heavy atom. The zero-order valence-corrected chi connectivity index (χ0v) is 13.6. The largest absolute Gasteiger partial charge is 0.289 e. The van der Waals surface area contributed by atoms with E-state index in [0.29, 0.717) is 5.56 Å². The van der Waals surface area contributed by atoms with E-state index in [0.717, 1.165) is 25.3 Å². The van der Waals surface area contributed by atoms with Gasteiger partial charge in [0.25, 0.3) is 0 Å². The van der Waals surface area contributed by atoms with Gasteiger partial charge in [0.1, 0.15) is 0 Å². The molecular formula is C17H10Br2O. The average Bonchev–Trinajstić information content (AvgIpc) is 2.48. The molecule has 98 valence electrons. The summed E-state index contributed by atoms with van der Waals surface area (Å²) in [6, 6.07) is 19.2. The van der Waals surface area contributed by atoms with E-state index in [9.17, 15) is 4.79 Å². The molecule has 0 aliphatic rings. The Morgan fingerprint density at radius 3 is 2.10 bits per heavy atom. The lowest BCUT2D eigenvalue weighted by molar-refractivity contribution is 0.104. The molecule has 3 aromatic rings. The van der Waals surface area contributed by atoms with Gasteiger partial charge in [-0.1, -0.05) is 56.1 Å². The van der Waals surface area contributed by atoms with Crippen molar-refractivity contribution >= 4 is 48.4 Å². The van der Waals surface area contributed by atoms with Gasteiger partial charge in [-0.15, -0.1) is 0 Å². The van der Waals surface area contributed by atoms with Gasteiger partial charge in [-0.05, 0) is 47.2 Å². The number of hydrogen-bond acceptors (Lipinski definition) is 1. The first kappa shape index (κ1) is 13.5. The van der Waals surface area contributed by atoms with E-state index >= 15 is 0 Å². The lowest BCUT2D eigenvalue weighted by Crippen LogP contribution is -2.02. The molecule has 0 saturated carbocycles. The molecule has 20 heavy (non-hydrogen) atoms. The Hall–Kier alpha value is -1.45. The lowest BCUT2D eigenvalue weighted by atomic mass is 9.97. The second kappa shape index (κ2) is 5.51. The zero-order chi connectivity index (χ0) is 14.1. The fraction of sp³-hybridized carbons (Fsp3) is 0. The summed E-state index contributed by atoms with van der Waals surface area (Å²) >= 11 is 6.91. The molecule has 0 aliphatic heterocycles. The Labute approximate surface area is 133 Å². The molecule has 0 saturated heterocycles. The van der Waals surface area contributed by atoms with E-state index in [1.165, 1.54) is 0 Å². The molecule has 0 N–H and O–H groups in total. The van der Waals surface area contributed by atoms with Crippen LogP contribution in [0.25, 0.3) is 10.8 Å². The highest BCUT2D eigenvalue weighted by atomic mass is 79.9. The highest BCUT2D eigenvalue weighted by Crippen LogP contribution is 2.28. The standard InChI is InChI=1S/C17H10Br2O/c18-12-7-5-11(6-8-12)17(20)15-9-10-16(19)14-4-2-1-3-13(14)15/h1-10H. The van der Waals surface area contributed by atoms with Crippen molar-refractivity contribution in [2.45, 2.75) is 0 Å². The SMILES string of the molecule is O=C(c1ccc(Br)cc1)c1ccc(Br)c2ccccc12. The zero-order valence-electron chi connectivity index (χ0n) is 10.4. The van der Waals surface area contributed by atoms with Gasteiger partial charge in [-0.25, -0.2) is 0 Å². The van der Waals surface area contributed by atoms with Gasteiger partial charge in [0, 0.05) is 20.1 Å². The van der Waals surface area contributed by atoms with Crippen molar-refractivity contribution in [1.29, 1.82) is 0 Å². The number of rotatable bonds is 2. The predicted molar refractivity (Wildman–Crippen MR) is 89.2 cm³/mol. The summed E-state index contributed by atoms with van der Waals surface area (Å²) in [6.07, 6.45) is 0. The van der Waals surface area contributed by atoms with Crippen LogP contribution in [0, 0.1) is 0 Å². The first-order valence-corrected chi connectivity index (χ1v) is 7.73. The molecule has 0 amide bonds. The van der Waals surface area contributed by atoms with E-state index in [-0.39, 0.29) is 5.78 Å². The minimum atomic E-state index is 0.0428. The number of carbonyl (C=O) groups is 1. The van der Waals surface area contributed by atoms with E-state index in [2.05, 4.69) is 31.9 Å². The third-order valence-electron chi connectivity index (χ3n) is 3.22. The minimum Gasteiger partial charge on any atom is -0.289 e. The molecule has 0 atom stereocenters. The summed E-state index contributed by atoms with van der Waals surface area (Å²) in [7, 11) is 0. The molecule has 0 heterocycles. The van der Waals surface area contributed by atoms with Gasteiger partial charge in [0.2, 0.25) is 0 Å². The van der Waals surface area contributed by atoms with E-state index in [1.807, 2.05) is 60.7 Å². The number of carbonyl (C=O) groups excluding carboxylic acids is 1. The Balaban J connectivity index is 2.17. The van der Waals surface area contributed by atoms with Crippen LogP contribution in [0.2, 0.25) is 0 Å². The van der Waals surface area contributed by atoms with Crippen molar-refractivity contribution in [3.8, 4) is 0 Å². The normalized spacial score (nSPS) is 10.7. The maximum absolute atomic E-state index is 12.7. The third kappa shape index (κ3) is 2.43. The topological polar surface area (TPSA) is 17.1 Å². The molecule has 0 bridgehead atoms. The van der Waals surface area contributed by atoms with Crippen molar-refractivity contribution in [2.24, 2.45) is 0 Å². The number of hydrogen-bond donors (Lipinski definition) is 0. The van der Waals surface area contributed by atoms with Crippen molar-refractivity contribution < 1.29 is 4.79 Å². The van der Waals surface area contributed by atoms with Crippen LogP contribution < -0.4 is 0 Å². The number of ketones is 1. The van der Waals surface area contributed by atoms with Crippen molar-refractivity contribution in [2.75, 3.05) is 0 Å². The van der Waals surface area contributed by atoms with Gasteiger partial charge >= 0.3 is 0 Å². The first-order chi connectivity index (χ1) is 9.66. The molecule has 3 heteroatoms. The molecule has 0 unspecified atom stereocenters. The van der Waals surface area contributed by atoms with E-state index in [4.69, 9.17) is 0 Å². The molecule has 3 rings (SSSR count). The van der Waals surface area contributed by atoms with Crippen LogP contribution in [0.4, 0.5) is 0 Å². The Morgan fingerprint density at radius 1 is 0.750 bits per heavy atom. The summed E-state index contributed by atoms with van der Waals surface area (Å²) in [5.41, 5.74) is 1.42. The number of benzene rings is 3. The molecule has 1 nitrogen and oxygen atoms in total. The molecule has 0 aromatic heterocycles. The van der Waals surface area contributed by atoms with Gasteiger partial charge in [-0.3, -0.25) is 4.79 Å². The summed E-state index contributed by atoms with van der Waals surface area (Å²) in [5, 5.41) is 2.02. The Bertz CT molecular complexity index is 792. The van der Waals surface area contributed by atoms with Crippen LogP contribution >= 0.6 is 31.9 Å². The first-order valence-electron chi connectivity index (χ1n) is 6.14. The second-order valence-electron chi connectivity index (χ2n) is 4.48. The fourth-order valence-corrected chi connectivity index (χ4v) is 2.96. The summed E-state index contributed by atoms with van der Waals surface area (Å²) in [6.45, 7) is 0. The molecule has 3 aromatic carbocycles.